The van der Waals surface area contributed by atoms with Gasteiger partial charge in [0.1, 0.15) is 11.9 Å². The van der Waals surface area contributed by atoms with E-state index >= 15 is 0 Å². The predicted molar refractivity (Wildman–Crippen MR) is 92.8 cm³/mol. The molecular formula is C18H22FN3OS. The number of carbonyl (C=O) groups is 1. The fraction of sp³-hybridized carbons (Fsp3) is 0.556. The molecule has 4 nitrogen and oxygen atoms in total. The Bertz CT molecular complexity index is 633. The van der Waals surface area contributed by atoms with Crippen LogP contribution >= 0.6 is 11.8 Å². The zero-order valence-corrected chi connectivity index (χ0v) is 14.5. The number of halogens is 1. The summed E-state index contributed by atoms with van der Waals surface area (Å²) in [5.41, 5.74) is 0.937. The van der Waals surface area contributed by atoms with Gasteiger partial charge in [0.25, 0.3) is 0 Å². The van der Waals surface area contributed by atoms with E-state index in [-0.39, 0.29) is 23.7 Å². The standard InChI is InChI=1S/C18H22FN3OS/c19-16-5-1-3-14(9-16)11-21-6-2-4-15(12-21)18(23)22-7-8-24-13-17(22)10-20/h1,3,5,9,15,17H,2,4,6-8,11-13H2/t15-,17-/m0/s1. The molecule has 0 aromatic heterocycles. The first-order valence-electron chi connectivity index (χ1n) is 8.42. The number of amides is 1. The third-order valence-electron chi connectivity index (χ3n) is 4.71. The molecule has 3 rings (SSSR count). The Balaban J connectivity index is 1.62. The first-order valence-corrected chi connectivity index (χ1v) is 9.57. The number of thioether (sulfide) groups is 1. The number of carbonyl (C=O) groups excluding carboxylic acids is 1. The van der Waals surface area contributed by atoms with E-state index in [9.17, 15) is 14.4 Å². The second-order valence-electron chi connectivity index (χ2n) is 6.46. The molecule has 24 heavy (non-hydrogen) atoms. The summed E-state index contributed by atoms with van der Waals surface area (Å²) >= 11 is 1.74. The lowest BCUT2D eigenvalue weighted by Crippen LogP contribution is -2.51. The van der Waals surface area contributed by atoms with Gasteiger partial charge in [0.15, 0.2) is 0 Å². The molecule has 128 valence electrons. The second-order valence-corrected chi connectivity index (χ2v) is 7.61. The lowest BCUT2D eigenvalue weighted by atomic mass is 9.95. The molecule has 0 radical (unpaired) electrons. The van der Waals surface area contributed by atoms with E-state index in [1.807, 2.05) is 6.07 Å². The van der Waals surface area contributed by atoms with Crippen molar-refractivity contribution in [2.24, 2.45) is 5.92 Å². The van der Waals surface area contributed by atoms with Gasteiger partial charge in [-0.05, 0) is 37.1 Å². The minimum Gasteiger partial charge on any atom is -0.325 e. The number of benzene rings is 1. The van der Waals surface area contributed by atoms with Crippen LogP contribution in [0.3, 0.4) is 0 Å². The van der Waals surface area contributed by atoms with Crippen LogP contribution in [-0.4, -0.2) is 52.9 Å². The zero-order valence-electron chi connectivity index (χ0n) is 13.7. The van der Waals surface area contributed by atoms with Crippen LogP contribution in [0.15, 0.2) is 24.3 Å². The van der Waals surface area contributed by atoms with Crippen LogP contribution in [0.2, 0.25) is 0 Å². The van der Waals surface area contributed by atoms with Crippen LogP contribution in [0, 0.1) is 23.1 Å². The maximum absolute atomic E-state index is 13.3. The number of nitriles is 1. The summed E-state index contributed by atoms with van der Waals surface area (Å²) in [5, 5.41) is 9.28. The number of nitrogens with zero attached hydrogens (tertiary/aromatic N) is 3. The quantitative estimate of drug-likeness (QED) is 0.843. The molecule has 2 aliphatic rings. The highest BCUT2D eigenvalue weighted by atomic mass is 32.2. The molecule has 1 aromatic carbocycles. The largest absolute Gasteiger partial charge is 0.325 e. The van der Waals surface area contributed by atoms with Crippen molar-refractivity contribution >= 4 is 17.7 Å². The smallest absolute Gasteiger partial charge is 0.228 e. The van der Waals surface area contributed by atoms with Crippen molar-refractivity contribution in [2.45, 2.75) is 25.4 Å². The molecule has 2 atom stereocenters. The van der Waals surface area contributed by atoms with Crippen LogP contribution in [0.4, 0.5) is 4.39 Å². The number of hydrogen-bond donors (Lipinski definition) is 0. The summed E-state index contributed by atoms with van der Waals surface area (Å²) in [6, 6.07) is 8.61. The molecule has 2 fully saturated rings. The van der Waals surface area contributed by atoms with E-state index in [4.69, 9.17) is 0 Å². The maximum atomic E-state index is 13.3. The lowest BCUT2D eigenvalue weighted by molar-refractivity contribution is -0.138. The molecule has 0 unspecified atom stereocenters. The zero-order chi connectivity index (χ0) is 16.9. The summed E-state index contributed by atoms with van der Waals surface area (Å²) in [5.74, 6) is 1.46. The highest BCUT2D eigenvalue weighted by molar-refractivity contribution is 7.99. The van der Waals surface area contributed by atoms with E-state index in [1.54, 1.807) is 28.8 Å². The van der Waals surface area contributed by atoms with E-state index < -0.39 is 0 Å². The second kappa shape index (κ2) is 8.00. The molecule has 0 bridgehead atoms. The first-order chi connectivity index (χ1) is 11.7. The van der Waals surface area contributed by atoms with Crippen LogP contribution < -0.4 is 0 Å². The summed E-state index contributed by atoms with van der Waals surface area (Å²) in [4.78, 5) is 16.8. The van der Waals surface area contributed by atoms with Gasteiger partial charge in [-0.3, -0.25) is 9.69 Å². The Kier molecular flexibility index (Phi) is 5.75. The number of rotatable bonds is 3. The SMILES string of the molecule is N#C[C@H]1CSCCN1C(=O)[C@H]1CCCN(Cc2cccc(F)c2)C1. The molecule has 6 heteroatoms. The van der Waals surface area contributed by atoms with Crippen molar-refractivity contribution in [1.29, 1.82) is 5.26 Å². The Hall–Kier alpha value is -1.58. The molecular weight excluding hydrogens is 325 g/mol. The van der Waals surface area contributed by atoms with E-state index in [2.05, 4.69) is 11.0 Å². The normalized spacial score (nSPS) is 25.2. The Morgan fingerprint density at radius 1 is 1.42 bits per heavy atom. The molecule has 2 heterocycles. The van der Waals surface area contributed by atoms with Gasteiger partial charge in [-0.2, -0.15) is 17.0 Å². The fourth-order valence-electron chi connectivity index (χ4n) is 3.50. The molecule has 2 saturated heterocycles. The third kappa shape index (κ3) is 4.08. The fourth-order valence-corrected chi connectivity index (χ4v) is 4.47. The molecule has 0 spiro atoms. The minimum absolute atomic E-state index is 0.0498. The molecule has 1 amide bonds. The van der Waals surface area contributed by atoms with Gasteiger partial charge in [0, 0.05) is 31.1 Å². The number of likely N-dealkylation sites (tertiary alicyclic amines) is 1. The first kappa shape index (κ1) is 17.2. The average Bonchev–Trinajstić information content (AvgIpc) is 2.61. The highest BCUT2D eigenvalue weighted by Gasteiger charge is 2.34. The summed E-state index contributed by atoms with van der Waals surface area (Å²) in [7, 11) is 0. The maximum Gasteiger partial charge on any atom is 0.228 e. The summed E-state index contributed by atoms with van der Waals surface area (Å²) < 4.78 is 13.3. The lowest BCUT2D eigenvalue weighted by Gasteiger charge is -2.38. The van der Waals surface area contributed by atoms with Crippen molar-refractivity contribution in [3.8, 4) is 6.07 Å². The van der Waals surface area contributed by atoms with E-state index in [0.717, 1.165) is 30.7 Å². The van der Waals surface area contributed by atoms with Gasteiger partial charge < -0.3 is 4.90 Å². The van der Waals surface area contributed by atoms with Crippen LogP contribution in [-0.2, 0) is 11.3 Å². The van der Waals surface area contributed by atoms with Crippen LogP contribution in [0.25, 0.3) is 0 Å². The van der Waals surface area contributed by atoms with E-state index in [0.29, 0.717) is 25.4 Å². The highest BCUT2D eigenvalue weighted by Crippen LogP contribution is 2.24. The molecule has 1 aromatic rings. The van der Waals surface area contributed by atoms with Crippen molar-refractivity contribution < 1.29 is 9.18 Å². The van der Waals surface area contributed by atoms with Crippen molar-refractivity contribution in [3.63, 3.8) is 0 Å². The monoisotopic (exact) mass is 347 g/mol. The number of piperidine rings is 1. The average molecular weight is 347 g/mol. The van der Waals surface area contributed by atoms with Gasteiger partial charge in [-0.15, -0.1) is 0 Å². The van der Waals surface area contributed by atoms with Gasteiger partial charge >= 0.3 is 0 Å². The molecule has 0 saturated carbocycles. The molecule has 0 aliphatic carbocycles. The minimum atomic E-state index is -0.296. The van der Waals surface area contributed by atoms with Crippen molar-refractivity contribution in [3.05, 3.63) is 35.6 Å². The van der Waals surface area contributed by atoms with E-state index in [1.165, 1.54) is 6.07 Å². The summed E-state index contributed by atoms with van der Waals surface area (Å²) in [6.07, 6.45) is 1.84. The van der Waals surface area contributed by atoms with Gasteiger partial charge in [0.2, 0.25) is 5.91 Å². The molecule has 0 N–H and O–H groups in total. The van der Waals surface area contributed by atoms with Crippen LogP contribution in [0.1, 0.15) is 18.4 Å². The van der Waals surface area contributed by atoms with Crippen molar-refractivity contribution in [1.82, 2.24) is 9.80 Å². The summed E-state index contributed by atoms with van der Waals surface area (Å²) in [6.45, 7) is 2.95. The van der Waals surface area contributed by atoms with Gasteiger partial charge in [0.05, 0.1) is 12.0 Å². The topological polar surface area (TPSA) is 47.3 Å². The van der Waals surface area contributed by atoms with Gasteiger partial charge in [-0.25, -0.2) is 4.39 Å². The third-order valence-corrected chi connectivity index (χ3v) is 5.73. The Morgan fingerprint density at radius 2 is 2.29 bits per heavy atom. The number of hydrogen-bond acceptors (Lipinski definition) is 4. The Morgan fingerprint density at radius 3 is 3.08 bits per heavy atom. The molecule has 2 aliphatic heterocycles. The van der Waals surface area contributed by atoms with Crippen molar-refractivity contribution in [2.75, 3.05) is 31.1 Å². The Labute approximate surface area is 146 Å². The predicted octanol–water partition coefficient (Wildman–Crippen LogP) is 2.51. The van der Waals surface area contributed by atoms with Gasteiger partial charge in [-0.1, -0.05) is 12.1 Å². The van der Waals surface area contributed by atoms with Crippen LogP contribution in [0.5, 0.6) is 0 Å².